The molecule has 3 heteroatoms. The third-order valence-electron chi connectivity index (χ3n) is 2.94. The Hall–Kier alpha value is -1.35. The summed E-state index contributed by atoms with van der Waals surface area (Å²) in [5, 5.41) is 9.82. The normalized spacial score (nSPS) is 24.4. The minimum atomic E-state index is -0.618. The molecule has 1 aliphatic carbocycles. The summed E-state index contributed by atoms with van der Waals surface area (Å²) in [4.78, 5) is 11.6. The molecule has 15 heavy (non-hydrogen) atoms. The van der Waals surface area contributed by atoms with Gasteiger partial charge in [0.15, 0.2) is 0 Å². The maximum Gasteiger partial charge on any atom is 0.315 e. The molecule has 0 bridgehead atoms. The van der Waals surface area contributed by atoms with Crippen LogP contribution in [0.3, 0.4) is 0 Å². The van der Waals surface area contributed by atoms with Crippen molar-refractivity contribution in [2.24, 2.45) is 0 Å². The summed E-state index contributed by atoms with van der Waals surface area (Å²) >= 11 is 0. The Kier molecular flexibility index (Phi) is 2.73. The van der Waals surface area contributed by atoms with E-state index in [0.717, 1.165) is 17.5 Å². The Labute approximate surface area is 88.7 Å². The Bertz CT molecular complexity index is 373. The van der Waals surface area contributed by atoms with E-state index in [9.17, 15) is 9.90 Å². The van der Waals surface area contributed by atoms with E-state index in [1.165, 1.54) is 7.11 Å². The molecule has 2 rings (SSSR count). The number of methoxy groups -OCH3 is 1. The molecule has 0 fully saturated rings. The highest BCUT2D eigenvalue weighted by atomic mass is 16.5. The van der Waals surface area contributed by atoms with E-state index in [1.807, 2.05) is 24.3 Å². The summed E-state index contributed by atoms with van der Waals surface area (Å²) in [6.07, 6.45) is 0.828. The lowest BCUT2D eigenvalue weighted by Gasteiger charge is -2.28. The minimum absolute atomic E-state index is 0.352. The van der Waals surface area contributed by atoms with Crippen molar-refractivity contribution >= 4 is 5.97 Å². The van der Waals surface area contributed by atoms with Crippen molar-refractivity contribution < 1.29 is 14.6 Å². The van der Waals surface area contributed by atoms with Gasteiger partial charge in [0.25, 0.3) is 0 Å². The van der Waals surface area contributed by atoms with Crippen molar-refractivity contribution in [3.8, 4) is 0 Å². The Balaban J connectivity index is 2.41. The Morgan fingerprint density at radius 3 is 2.93 bits per heavy atom. The van der Waals surface area contributed by atoms with Crippen LogP contribution in [-0.4, -0.2) is 24.3 Å². The van der Waals surface area contributed by atoms with Crippen molar-refractivity contribution in [1.82, 2.24) is 0 Å². The van der Waals surface area contributed by atoms with E-state index < -0.39 is 12.0 Å². The van der Waals surface area contributed by atoms with Crippen molar-refractivity contribution in [3.05, 3.63) is 35.4 Å². The SMILES string of the molecule is COC(=O)C1c2ccccc2CCC1O. The number of rotatable bonds is 1. The summed E-state index contributed by atoms with van der Waals surface area (Å²) in [5.74, 6) is -0.866. The lowest BCUT2D eigenvalue weighted by molar-refractivity contribution is -0.145. The van der Waals surface area contributed by atoms with Crippen molar-refractivity contribution in [2.75, 3.05) is 7.11 Å². The monoisotopic (exact) mass is 206 g/mol. The van der Waals surface area contributed by atoms with Gasteiger partial charge >= 0.3 is 5.97 Å². The molecule has 1 N–H and O–H groups in total. The number of hydrogen-bond acceptors (Lipinski definition) is 3. The molecule has 2 atom stereocenters. The van der Waals surface area contributed by atoms with Gasteiger partial charge in [-0.3, -0.25) is 4.79 Å². The highest BCUT2D eigenvalue weighted by Gasteiger charge is 2.34. The molecule has 0 saturated heterocycles. The maximum absolute atomic E-state index is 11.6. The van der Waals surface area contributed by atoms with Crippen LogP contribution in [0.5, 0.6) is 0 Å². The molecule has 0 heterocycles. The number of aliphatic hydroxyl groups is 1. The molecular formula is C12H14O3. The van der Waals surface area contributed by atoms with Crippen LogP contribution in [-0.2, 0) is 16.0 Å². The minimum Gasteiger partial charge on any atom is -0.468 e. The molecule has 0 saturated carbocycles. The lowest BCUT2D eigenvalue weighted by atomic mass is 9.81. The van der Waals surface area contributed by atoms with Gasteiger partial charge < -0.3 is 9.84 Å². The number of ether oxygens (including phenoxy) is 1. The van der Waals surface area contributed by atoms with Crippen LogP contribution in [0.15, 0.2) is 24.3 Å². The fourth-order valence-electron chi connectivity index (χ4n) is 2.15. The molecule has 0 amide bonds. The number of hydrogen-bond donors (Lipinski definition) is 1. The fourth-order valence-corrected chi connectivity index (χ4v) is 2.15. The molecule has 0 aliphatic heterocycles. The highest BCUT2D eigenvalue weighted by Crippen LogP contribution is 2.32. The van der Waals surface area contributed by atoms with Gasteiger partial charge in [-0.15, -0.1) is 0 Å². The van der Waals surface area contributed by atoms with Gasteiger partial charge in [-0.2, -0.15) is 0 Å². The van der Waals surface area contributed by atoms with Crippen molar-refractivity contribution in [2.45, 2.75) is 24.9 Å². The van der Waals surface area contributed by atoms with E-state index in [4.69, 9.17) is 4.74 Å². The third-order valence-corrected chi connectivity index (χ3v) is 2.94. The summed E-state index contributed by atoms with van der Waals surface area (Å²) < 4.78 is 4.72. The number of carbonyl (C=O) groups is 1. The van der Waals surface area contributed by atoms with E-state index in [1.54, 1.807) is 0 Å². The van der Waals surface area contributed by atoms with Crippen LogP contribution in [0, 0.1) is 0 Å². The standard InChI is InChI=1S/C12H14O3/c1-15-12(14)11-9-5-3-2-4-8(9)6-7-10(11)13/h2-5,10-11,13H,6-7H2,1H3. The third kappa shape index (κ3) is 1.75. The first-order valence-electron chi connectivity index (χ1n) is 5.07. The molecular weight excluding hydrogens is 192 g/mol. The second kappa shape index (κ2) is 4.03. The average molecular weight is 206 g/mol. The first kappa shape index (κ1) is 10.2. The fraction of sp³-hybridized carbons (Fsp3) is 0.417. The molecule has 0 aromatic heterocycles. The predicted molar refractivity (Wildman–Crippen MR) is 55.5 cm³/mol. The Morgan fingerprint density at radius 2 is 2.20 bits per heavy atom. The molecule has 1 aromatic rings. The zero-order chi connectivity index (χ0) is 10.8. The molecule has 1 aliphatic rings. The van der Waals surface area contributed by atoms with Gasteiger partial charge in [0.05, 0.1) is 13.2 Å². The van der Waals surface area contributed by atoms with E-state index in [0.29, 0.717) is 6.42 Å². The average Bonchev–Trinajstić information content (AvgIpc) is 2.28. The topological polar surface area (TPSA) is 46.5 Å². The largest absolute Gasteiger partial charge is 0.468 e. The molecule has 3 nitrogen and oxygen atoms in total. The number of aryl methyl sites for hydroxylation is 1. The zero-order valence-corrected chi connectivity index (χ0v) is 8.64. The summed E-state index contributed by atoms with van der Waals surface area (Å²) in [6, 6.07) is 7.72. The van der Waals surface area contributed by atoms with Gasteiger partial charge in [0.1, 0.15) is 5.92 Å². The van der Waals surface area contributed by atoms with E-state index in [2.05, 4.69) is 0 Å². The van der Waals surface area contributed by atoms with E-state index >= 15 is 0 Å². The van der Waals surface area contributed by atoms with Crippen LogP contribution < -0.4 is 0 Å². The van der Waals surface area contributed by atoms with Gasteiger partial charge in [-0.05, 0) is 24.0 Å². The first-order chi connectivity index (χ1) is 7.24. The van der Waals surface area contributed by atoms with Crippen molar-refractivity contribution in [3.63, 3.8) is 0 Å². The zero-order valence-electron chi connectivity index (χ0n) is 8.64. The molecule has 2 unspecified atom stereocenters. The van der Waals surface area contributed by atoms with Gasteiger partial charge in [-0.1, -0.05) is 24.3 Å². The second-order valence-corrected chi connectivity index (χ2v) is 3.81. The van der Waals surface area contributed by atoms with Crippen LogP contribution in [0.2, 0.25) is 0 Å². The lowest BCUT2D eigenvalue weighted by Crippen LogP contribution is -2.31. The van der Waals surface area contributed by atoms with Gasteiger partial charge in [0.2, 0.25) is 0 Å². The highest BCUT2D eigenvalue weighted by molar-refractivity contribution is 5.79. The second-order valence-electron chi connectivity index (χ2n) is 3.81. The molecule has 0 spiro atoms. The number of aliphatic hydroxyl groups excluding tert-OH is 1. The summed E-state index contributed by atoms with van der Waals surface area (Å²) in [5.41, 5.74) is 2.04. The predicted octanol–water partition coefficient (Wildman–Crippen LogP) is 1.25. The number of fused-ring (bicyclic) bond motifs is 1. The van der Waals surface area contributed by atoms with Crippen LogP contribution in [0.4, 0.5) is 0 Å². The van der Waals surface area contributed by atoms with Crippen LogP contribution in [0.1, 0.15) is 23.5 Å². The van der Waals surface area contributed by atoms with Gasteiger partial charge in [0, 0.05) is 0 Å². The summed E-state index contributed by atoms with van der Waals surface area (Å²) in [6.45, 7) is 0. The number of benzene rings is 1. The smallest absolute Gasteiger partial charge is 0.315 e. The first-order valence-corrected chi connectivity index (χ1v) is 5.07. The molecule has 1 aromatic carbocycles. The maximum atomic E-state index is 11.6. The van der Waals surface area contributed by atoms with Gasteiger partial charge in [-0.25, -0.2) is 0 Å². The van der Waals surface area contributed by atoms with Crippen LogP contribution in [0.25, 0.3) is 0 Å². The Morgan fingerprint density at radius 1 is 1.47 bits per heavy atom. The molecule has 0 radical (unpaired) electrons. The van der Waals surface area contributed by atoms with Crippen molar-refractivity contribution in [1.29, 1.82) is 0 Å². The van der Waals surface area contributed by atoms with Crippen LogP contribution >= 0.6 is 0 Å². The quantitative estimate of drug-likeness (QED) is 0.703. The molecule has 80 valence electrons. The number of carbonyl (C=O) groups excluding carboxylic acids is 1. The van der Waals surface area contributed by atoms with E-state index in [-0.39, 0.29) is 5.97 Å². The number of esters is 1. The summed E-state index contributed by atoms with van der Waals surface area (Å²) in [7, 11) is 1.35.